The van der Waals surface area contributed by atoms with Crippen molar-refractivity contribution in [3.8, 4) is 0 Å². The Kier molecular flexibility index (Phi) is 8.20. The fourth-order valence-corrected chi connectivity index (χ4v) is 6.08. The second-order valence-electron chi connectivity index (χ2n) is 9.73. The van der Waals surface area contributed by atoms with Gasteiger partial charge in [-0.25, -0.2) is 8.42 Å². The molecule has 0 aliphatic carbocycles. The number of hydrogen-bond donors (Lipinski definition) is 1. The van der Waals surface area contributed by atoms with Gasteiger partial charge in [0, 0.05) is 21.3 Å². The van der Waals surface area contributed by atoms with Gasteiger partial charge in [0.2, 0.25) is 0 Å². The summed E-state index contributed by atoms with van der Waals surface area (Å²) in [6, 6.07) is 22.9. The molecule has 0 spiro atoms. The molecule has 202 valence electrons. The van der Waals surface area contributed by atoms with Gasteiger partial charge >= 0.3 is 5.97 Å². The van der Waals surface area contributed by atoms with Crippen LogP contribution >= 0.6 is 23.2 Å². The van der Waals surface area contributed by atoms with E-state index in [0.717, 1.165) is 4.31 Å². The number of halogens is 2. The number of hydrogen-bond acceptors (Lipinski definition) is 5. The lowest BCUT2D eigenvalue weighted by Gasteiger charge is -2.27. The lowest BCUT2D eigenvalue weighted by atomic mass is 10.0. The number of carbonyl (C=O) groups excluding carboxylic acids is 2. The maximum absolute atomic E-state index is 13.8. The van der Waals surface area contributed by atoms with Crippen molar-refractivity contribution in [2.75, 3.05) is 16.2 Å². The lowest BCUT2D eigenvalue weighted by molar-refractivity contribution is -0.152. The predicted octanol–water partition coefficient (Wildman–Crippen LogP) is 6.94. The van der Waals surface area contributed by atoms with Gasteiger partial charge in [0.05, 0.1) is 10.6 Å². The summed E-state index contributed by atoms with van der Waals surface area (Å²) in [6.07, 6.45) is 0. The van der Waals surface area contributed by atoms with E-state index in [9.17, 15) is 18.0 Å². The summed E-state index contributed by atoms with van der Waals surface area (Å²) in [4.78, 5) is 25.7. The van der Waals surface area contributed by atoms with Gasteiger partial charge in [-0.05, 0) is 80.1 Å². The Morgan fingerprint density at radius 3 is 2.18 bits per heavy atom. The van der Waals surface area contributed by atoms with Crippen LogP contribution in [0.1, 0.15) is 31.1 Å². The predicted molar refractivity (Wildman–Crippen MR) is 155 cm³/mol. The Bertz CT molecular complexity index is 1630. The van der Waals surface area contributed by atoms with Gasteiger partial charge in [-0.15, -0.1) is 0 Å². The number of amides is 1. The summed E-state index contributed by atoms with van der Waals surface area (Å²) in [6.45, 7) is 4.49. The number of rotatable bonds is 7. The monoisotopic (exact) mass is 584 g/mol. The van der Waals surface area contributed by atoms with Gasteiger partial charge in [-0.1, -0.05) is 59.6 Å². The molecule has 0 aliphatic heterocycles. The third-order valence-electron chi connectivity index (χ3n) is 5.55. The SMILES string of the molecule is CC(C)(C)OC(=O)CN(c1ccc2c(C(=O)Nc3ccccc3)cccc2c1)S(=O)(=O)c1cc(Cl)cc(Cl)c1. The van der Waals surface area contributed by atoms with Gasteiger partial charge < -0.3 is 10.1 Å². The fourth-order valence-electron chi connectivity index (χ4n) is 3.95. The van der Waals surface area contributed by atoms with E-state index in [1.54, 1.807) is 63.2 Å². The number of para-hydroxylation sites is 1. The minimum Gasteiger partial charge on any atom is -0.459 e. The molecule has 39 heavy (non-hydrogen) atoms. The van der Waals surface area contributed by atoms with E-state index < -0.39 is 28.1 Å². The van der Waals surface area contributed by atoms with Crippen molar-refractivity contribution in [3.05, 3.63) is 101 Å². The normalized spacial score (nSPS) is 11.7. The molecule has 0 saturated carbocycles. The summed E-state index contributed by atoms with van der Waals surface area (Å²) in [5.41, 5.74) is 0.429. The zero-order valence-corrected chi connectivity index (χ0v) is 23.8. The van der Waals surface area contributed by atoms with Crippen LogP contribution in [0.4, 0.5) is 11.4 Å². The number of carbonyl (C=O) groups is 2. The van der Waals surface area contributed by atoms with Crippen molar-refractivity contribution in [1.82, 2.24) is 0 Å². The first-order chi connectivity index (χ1) is 18.3. The summed E-state index contributed by atoms with van der Waals surface area (Å²) in [5, 5.41) is 4.33. The number of ether oxygens (including phenoxy) is 1. The lowest BCUT2D eigenvalue weighted by Crippen LogP contribution is -2.39. The maximum Gasteiger partial charge on any atom is 0.327 e. The highest BCUT2D eigenvalue weighted by molar-refractivity contribution is 7.92. The average molecular weight is 586 g/mol. The third-order valence-corrected chi connectivity index (χ3v) is 7.73. The first-order valence-corrected chi connectivity index (χ1v) is 14.1. The molecule has 4 rings (SSSR count). The van der Waals surface area contributed by atoms with Crippen molar-refractivity contribution in [1.29, 1.82) is 0 Å². The molecule has 0 aliphatic rings. The van der Waals surface area contributed by atoms with Crippen molar-refractivity contribution >= 4 is 67.2 Å². The van der Waals surface area contributed by atoms with E-state index in [2.05, 4.69) is 5.32 Å². The van der Waals surface area contributed by atoms with Crippen molar-refractivity contribution in [2.45, 2.75) is 31.3 Å². The number of sulfonamides is 1. The summed E-state index contributed by atoms with van der Waals surface area (Å²) < 4.78 is 33.9. The topological polar surface area (TPSA) is 92.8 Å². The van der Waals surface area contributed by atoms with Gasteiger partial charge in [-0.2, -0.15) is 0 Å². The van der Waals surface area contributed by atoms with Gasteiger partial charge in [0.25, 0.3) is 15.9 Å². The maximum atomic E-state index is 13.8. The zero-order chi connectivity index (χ0) is 28.4. The molecule has 0 bridgehead atoms. The van der Waals surface area contributed by atoms with Crippen LogP contribution in [-0.4, -0.2) is 32.4 Å². The largest absolute Gasteiger partial charge is 0.459 e. The minimum atomic E-state index is -4.30. The molecule has 4 aromatic carbocycles. The molecule has 0 aromatic heterocycles. The van der Waals surface area contributed by atoms with Crippen LogP contribution in [0.3, 0.4) is 0 Å². The molecule has 0 fully saturated rings. The van der Waals surface area contributed by atoms with Crippen LogP contribution in [0, 0.1) is 0 Å². The molecular formula is C29H26Cl2N2O5S. The molecule has 0 radical (unpaired) electrons. The number of anilines is 2. The van der Waals surface area contributed by atoms with E-state index in [4.69, 9.17) is 27.9 Å². The summed E-state index contributed by atoms with van der Waals surface area (Å²) >= 11 is 12.2. The van der Waals surface area contributed by atoms with Crippen LogP contribution < -0.4 is 9.62 Å². The summed E-state index contributed by atoms with van der Waals surface area (Å²) in [7, 11) is -4.30. The van der Waals surface area contributed by atoms with Crippen LogP contribution in [0.5, 0.6) is 0 Å². The van der Waals surface area contributed by atoms with Crippen LogP contribution in [-0.2, 0) is 19.6 Å². The van der Waals surface area contributed by atoms with Gasteiger partial charge in [-0.3, -0.25) is 13.9 Å². The number of fused-ring (bicyclic) bond motifs is 1. The second-order valence-corrected chi connectivity index (χ2v) is 12.5. The number of nitrogens with zero attached hydrogens (tertiary/aromatic N) is 1. The van der Waals surface area contributed by atoms with Crippen LogP contribution in [0.2, 0.25) is 10.0 Å². The number of esters is 1. The molecule has 4 aromatic rings. The summed E-state index contributed by atoms with van der Waals surface area (Å²) in [5.74, 6) is -1.05. The average Bonchev–Trinajstić information content (AvgIpc) is 2.85. The quantitative estimate of drug-likeness (QED) is 0.237. The smallest absolute Gasteiger partial charge is 0.327 e. The first kappa shape index (κ1) is 28.4. The van der Waals surface area contributed by atoms with E-state index >= 15 is 0 Å². The Labute approximate surface area is 237 Å². The Morgan fingerprint density at radius 1 is 0.872 bits per heavy atom. The van der Waals surface area contributed by atoms with Gasteiger partial charge in [0.15, 0.2) is 0 Å². The number of benzene rings is 4. The molecular weight excluding hydrogens is 559 g/mol. The molecule has 0 heterocycles. The highest BCUT2D eigenvalue weighted by atomic mass is 35.5. The third kappa shape index (κ3) is 6.89. The first-order valence-electron chi connectivity index (χ1n) is 11.9. The fraction of sp³-hybridized carbons (Fsp3) is 0.172. The van der Waals surface area contributed by atoms with E-state index in [0.29, 0.717) is 22.0 Å². The molecule has 1 N–H and O–H groups in total. The Balaban J connectivity index is 1.77. The van der Waals surface area contributed by atoms with Gasteiger partial charge in [0.1, 0.15) is 12.1 Å². The number of nitrogens with one attached hydrogen (secondary N) is 1. The van der Waals surface area contributed by atoms with Crippen LogP contribution in [0.25, 0.3) is 10.8 Å². The minimum absolute atomic E-state index is 0.130. The highest BCUT2D eigenvalue weighted by Gasteiger charge is 2.30. The molecule has 1 amide bonds. The highest BCUT2D eigenvalue weighted by Crippen LogP contribution is 2.31. The van der Waals surface area contributed by atoms with Crippen LogP contribution in [0.15, 0.2) is 89.8 Å². The molecule has 7 nitrogen and oxygen atoms in total. The van der Waals surface area contributed by atoms with E-state index in [1.165, 1.54) is 24.3 Å². The zero-order valence-electron chi connectivity index (χ0n) is 21.4. The Morgan fingerprint density at radius 2 is 1.54 bits per heavy atom. The van der Waals surface area contributed by atoms with E-state index in [-0.39, 0.29) is 26.5 Å². The molecule has 0 saturated heterocycles. The molecule has 10 heteroatoms. The van der Waals surface area contributed by atoms with Crippen molar-refractivity contribution < 1.29 is 22.7 Å². The van der Waals surface area contributed by atoms with Crippen molar-refractivity contribution in [2.24, 2.45) is 0 Å². The second kappa shape index (κ2) is 11.3. The van der Waals surface area contributed by atoms with Crippen molar-refractivity contribution in [3.63, 3.8) is 0 Å². The Hall–Kier alpha value is -3.59. The molecule has 0 unspecified atom stereocenters. The molecule has 0 atom stereocenters. The standard InChI is InChI=1S/C29H26Cl2N2O5S/c1-29(2,3)38-27(34)18-33(39(36,37)24-16-20(30)15-21(31)17-24)23-12-13-25-19(14-23)8-7-11-26(25)28(35)32-22-9-5-4-6-10-22/h4-17H,18H2,1-3H3,(H,32,35). The van der Waals surface area contributed by atoms with E-state index in [1.807, 2.05) is 18.2 Å².